The molecule has 128 valence electrons. The molecule has 0 amide bonds. The highest BCUT2D eigenvalue weighted by Gasteiger charge is 2.36. The van der Waals surface area contributed by atoms with Crippen molar-refractivity contribution < 1.29 is 4.39 Å². The predicted octanol–water partition coefficient (Wildman–Crippen LogP) is 3.14. The highest BCUT2D eigenvalue weighted by Crippen LogP contribution is 2.32. The fourth-order valence-electron chi connectivity index (χ4n) is 4.12. The van der Waals surface area contributed by atoms with Gasteiger partial charge in [0.1, 0.15) is 5.82 Å². The Bertz CT molecular complexity index is 490. The number of nitrogens with one attached hydrogen (secondary N) is 2. The van der Waals surface area contributed by atoms with Crippen LogP contribution in [0.4, 0.5) is 4.39 Å². The van der Waals surface area contributed by atoms with Gasteiger partial charge in [-0.05, 0) is 48.9 Å². The molecule has 3 nitrogen and oxygen atoms in total. The second-order valence-electron chi connectivity index (χ2n) is 7.38. The van der Waals surface area contributed by atoms with Crippen molar-refractivity contribution in [3.63, 3.8) is 0 Å². The van der Waals surface area contributed by atoms with E-state index in [1.165, 1.54) is 44.5 Å². The fourth-order valence-corrected chi connectivity index (χ4v) is 4.12. The summed E-state index contributed by atoms with van der Waals surface area (Å²) >= 11 is 0. The molecule has 2 N–H and O–H groups in total. The summed E-state index contributed by atoms with van der Waals surface area (Å²) in [7, 11) is 0. The molecule has 2 heterocycles. The number of benzene rings is 1. The smallest absolute Gasteiger partial charge is 0.123 e. The van der Waals surface area contributed by atoms with Crippen LogP contribution in [0.5, 0.6) is 0 Å². The Morgan fingerprint density at radius 1 is 1.30 bits per heavy atom. The number of likely N-dealkylation sites (tertiary alicyclic amines) is 1. The lowest BCUT2D eigenvalue weighted by Crippen LogP contribution is -2.47. The first-order chi connectivity index (χ1) is 11.2. The molecule has 23 heavy (non-hydrogen) atoms. The van der Waals surface area contributed by atoms with Crippen LogP contribution in [0.3, 0.4) is 0 Å². The molecule has 1 aromatic carbocycles. The molecule has 3 rings (SSSR count). The lowest BCUT2D eigenvalue weighted by molar-refractivity contribution is 0.130. The zero-order chi connectivity index (χ0) is 16.2. The second-order valence-corrected chi connectivity index (χ2v) is 7.38. The van der Waals surface area contributed by atoms with E-state index in [9.17, 15) is 4.39 Å². The average molecular weight is 319 g/mol. The molecule has 2 aliphatic heterocycles. The van der Waals surface area contributed by atoms with Crippen molar-refractivity contribution in [2.24, 2.45) is 11.8 Å². The normalized spacial score (nSPS) is 30.5. The monoisotopic (exact) mass is 319 g/mol. The van der Waals surface area contributed by atoms with Crippen molar-refractivity contribution in [1.29, 1.82) is 0 Å². The molecule has 2 aliphatic rings. The Morgan fingerprint density at radius 3 is 2.83 bits per heavy atom. The number of halogens is 1. The largest absolute Gasteiger partial charge is 0.303 e. The molecule has 2 fully saturated rings. The standard InChI is InChI=1S/C19H30FN3/c1-3-14(2)12-23-10-4-5-16(13-23)19-18(11-21-22-19)15-6-8-17(20)9-7-15/h6-9,14,16,18-19,21-22H,3-5,10-13H2,1-2H3. The Morgan fingerprint density at radius 2 is 2.09 bits per heavy atom. The number of rotatable bonds is 5. The Labute approximate surface area is 139 Å². The molecule has 0 bridgehead atoms. The van der Waals surface area contributed by atoms with Gasteiger partial charge in [0.05, 0.1) is 0 Å². The molecule has 4 atom stereocenters. The summed E-state index contributed by atoms with van der Waals surface area (Å²) in [5.74, 6) is 1.72. The third-order valence-corrected chi connectivity index (χ3v) is 5.64. The lowest BCUT2D eigenvalue weighted by Gasteiger charge is -2.38. The molecule has 1 aromatic rings. The maximum absolute atomic E-state index is 13.2. The topological polar surface area (TPSA) is 27.3 Å². The van der Waals surface area contributed by atoms with Gasteiger partial charge in [-0.2, -0.15) is 0 Å². The first-order valence-corrected chi connectivity index (χ1v) is 9.13. The minimum absolute atomic E-state index is 0.151. The van der Waals surface area contributed by atoms with Crippen LogP contribution in [0, 0.1) is 17.7 Å². The SMILES string of the molecule is CCC(C)CN1CCCC(C2NNCC2c2ccc(F)cc2)C1. The second kappa shape index (κ2) is 7.73. The number of hydrogen-bond acceptors (Lipinski definition) is 3. The van der Waals surface area contributed by atoms with Crippen LogP contribution in [0.1, 0.15) is 44.6 Å². The van der Waals surface area contributed by atoms with E-state index < -0.39 is 0 Å². The molecule has 0 aliphatic carbocycles. The zero-order valence-electron chi connectivity index (χ0n) is 14.4. The summed E-state index contributed by atoms with van der Waals surface area (Å²) in [6, 6.07) is 7.50. The van der Waals surface area contributed by atoms with E-state index in [1.807, 2.05) is 12.1 Å². The average Bonchev–Trinajstić information content (AvgIpc) is 3.05. The van der Waals surface area contributed by atoms with Crippen molar-refractivity contribution >= 4 is 0 Å². The van der Waals surface area contributed by atoms with Gasteiger partial charge in [-0.3, -0.25) is 10.9 Å². The summed E-state index contributed by atoms with van der Waals surface area (Å²) in [5.41, 5.74) is 8.09. The number of hydrogen-bond donors (Lipinski definition) is 2. The molecule has 4 heteroatoms. The van der Waals surface area contributed by atoms with Crippen molar-refractivity contribution in [3.05, 3.63) is 35.6 Å². The van der Waals surface area contributed by atoms with Crippen LogP contribution in [0.15, 0.2) is 24.3 Å². The quantitative estimate of drug-likeness (QED) is 0.873. The van der Waals surface area contributed by atoms with E-state index >= 15 is 0 Å². The van der Waals surface area contributed by atoms with Gasteiger partial charge >= 0.3 is 0 Å². The fraction of sp³-hybridized carbons (Fsp3) is 0.684. The third-order valence-electron chi connectivity index (χ3n) is 5.64. The number of nitrogens with zero attached hydrogens (tertiary/aromatic N) is 1. The minimum Gasteiger partial charge on any atom is -0.303 e. The first kappa shape index (κ1) is 16.9. The van der Waals surface area contributed by atoms with Gasteiger partial charge in [0, 0.05) is 31.6 Å². The highest BCUT2D eigenvalue weighted by atomic mass is 19.1. The molecule has 0 spiro atoms. The van der Waals surface area contributed by atoms with Crippen molar-refractivity contribution in [2.45, 2.75) is 45.1 Å². The maximum Gasteiger partial charge on any atom is 0.123 e. The van der Waals surface area contributed by atoms with Gasteiger partial charge in [-0.25, -0.2) is 4.39 Å². The third kappa shape index (κ3) is 4.11. The van der Waals surface area contributed by atoms with E-state index in [2.05, 4.69) is 29.6 Å². The molecule has 0 saturated carbocycles. The summed E-state index contributed by atoms with van der Waals surface area (Å²) in [5, 5.41) is 0. The lowest BCUT2D eigenvalue weighted by atomic mass is 9.81. The van der Waals surface area contributed by atoms with Crippen LogP contribution in [0.2, 0.25) is 0 Å². The predicted molar refractivity (Wildman–Crippen MR) is 92.7 cm³/mol. The molecule has 2 saturated heterocycles. The van der Waals surface area contributed by atoms with Gasteiger partial charge in [-0.1, -0.05) is 32.4 Å². The molecular weight excluding hydrogens is 289 g/mol. The molecule has 4 unspecified atom stereocenters. The highest BCUT2D eigenvalue weighted by molar-refractivity contribution is 5.24. The van der Waals surface area contributed by atoms with E-state index in [1.54, 1.807) is 12.1 Å². The minimum atomic E-state index is -0.151. The van der Waals surface area contributed by atoms with Crippen molar-refractivity contribution in [3.8, 4) is 0 Å². The van der Waals surface area contributed by atoms with Gasteiger partial charge in [0.15, 0.2) is 0 Å². The Hall–Kier alpha value is -0.970. The Balaban J connectivity index is 1.66. The summed E-state index contributed by atoms with van der Waals surface area (Å²) < 4.78 is 13.2. The van der Waals surface area contributed by atoms with Gasteiger partial charge in [0.25, 0.3) is 0 Å². The molecule has 0 aromatic heterocycles. The van der Waals surface area contributed by atoms with Crippen LogP contribution >= 0.6 is 0 Å². The van der Waals surface area contributed by atoms with E-state index in [0.717, 1.165) is 12.5 Å². The molecule has 0 radical (unpaired) electrons. The summed E-state index contributed by atoms with van der Waals surface area (Å²) in [6.45, 7) is 9.19. The van der Waals surface area contributed by atoms with Gasteiger partial charge in [0.2, 0.25) is 0 Å². The van der Waals surface area contributed by atoms with Crippen LogP contribution < -0.4 is 10.9 Å². The van der Waals surface area contributed by atoms with E-state index in [-0.39, 0.29) is 5.82 Å². The van der Waals surface area contributed by atoms with Crippen molar-refractivity contribution in [1.82, 2.24) is 15.8 Å². The van der Waals surface area contributed by atoms with Crippen LogP contribution in [-0.2, 0) is 0 Å². The number of hydrazine groups is 1. The summed E-state index contributed by atoms with van der Waals surface area (Å²) in [4.78, 5) is 2.64. The van der Waals surface area contributed by atoms with Crippen LogP contribution in [-0.4, -0.2) is 37.1 Å². The first-order valence-electron chi connectivity index (χ1n) is 9.13. The summed E-state index contributed by atoms with van der Waals surface area (Å²) in [6.07, 6.45) is 3.83. The van der Waals surface area contributed by atoms with E-state index in [0.29, 0.717) is 17.9 Å². The maximum atomic E-state index is 13.2. The zero-order valence-corrected chi connectivity index (χ0v) is 14.4. The van der Waals surface area contributed by atoms with Gasteiger partial charge < -0.3 is 4.90 Å². The molecular formula is C19H30FN3. The van der Waals surface area contributed by atoms with Crippen molar-refractivity contribution in [2.75, 3.05) is 26.2 Å². The van der Waals surface area contributed by atoms with Gasteiger partial charge in [-0.15, -0.1) is 0 Å². The Kier molecular flexibility index (Phi) is 5.67. The van der Waals surface area contributed by atoms with Crippen LogP contribution in [0.25, 0.3) is 0 Å². The number of piperidine rings is 1. The van der Waals surface area contributed by atoms with E-state index in [4.69, 9.17) is 0 Å².